The zero-order chi connectivity index (χ0) is 25.5. The molecule has 0 aliphatic carbocycles. The number of piperazine rings is 1. The van der Waals surface area contributed by atoms with Crippen molar-refractivity contribution in [1.82, 2.24) is 19.4 Å². The van der Waals surface area contributed by atoms with Crippen LogP contribution in [0.4, 0.5) is 15.0 Å². The van der Waals surface area contributed by atoms with Gasteiger partial charge in [-0.15, -0.1) is 0 Å². The van der Waals surface area contributed by atoms with Crippen LogP contribution in [0.15, 0.2) is 36.8 Å². The lowest BCUT2D eigenvalue weighted by atomic mass is 10.2. The lowest BCUT2D eigenvalue weighted by molar-refractivity contribution is 0.0240. The van der Waals surface area contributed by atoms with Crippen molar-refractivity contribution < 1.29 is 13.9 Å². The molecule has 0 unspecified atom stereocenters. The predicted octanol–water partition coefficient (Wildman–Crippen LogP) is 5.98. The van der Waals surface area contributed by atoms with E-state index in [1.165, 1.54) is 18.5 Å². The molecule has 34 heavy (non-hydrogen) atoms. The van der Waals surface area contributed by atoms with E-state index in [0.29, 0.717) is 31.9 Å². The molecule has 1 saturated heterocycles. The number of anilines is 1. The van der Waals surface area contributed by atoms with Crippen LogP contribution in [0.25, 0.3) is 16.7 Å². The van der Waals surface area contributed by atoms with Crippen molar-refractivity contribution in [1.29, 1.82) is 0 Å². The molecule has 0 bridgehead atoms. The second-order valence-corrected chi connectivity index (χ2v) is 8.51. The normalized spacial score (nSPS) is 13.6. The van der Waals surface area contributed by atoms with Gasteiger partial charge >= 0.3 is 6.09 Å². The van der Waals surface area contributed by atoms with Crippen molar-refractivity contribution in [2.75, 3.05) is 31.1 Å². The van der Waals surface area contributed by atoms with Gasteiger partial charge in [-0.3, -0.25) is 0 Å². The molecular weight excluding hydrogens is 433 g/mol. The summed E-state index contributed by atoms with van der Waals surface area (Å²) in [4.78, 5) is 25.2. The summed E-state index contributed by atoms with van der Waals surface area (Å²) < 4.78 is 21.1. The highest BCUT2D eigenvalue weighted by molar-refractivity contribution is 5.92. The van der Waals surface area contributed by atoms with E-state index >= 15 is 0 Å². The minimum absolute atomic E-state index is 0.288. The van der Waals surface area contributed by atoms with Crippen molar-refractivity contribution >= 4 is 22.9 Å². The monoisotopic (exact) mass is 471 g/mol. The van der Waals surface area contributed by atoms with Crippen LogP contribution < -0.4 is 4.90 Å². The molecule has 3 aromatic rings. The van der Waals surface area contributed by atoms with Gasteiger partial charge in [-0.2, -0.15) is 0 Å². The quantitative estimate of drug-likeness (QED) is 0.460. The van der Waals surface area contributed by atoms with Crippen LogP contribution in [0.5, 0.6) is 0 Å². The number of ether oxygens (including phenoxy) is 1. The Morgan fingerprint density at radius 2 is 1.68 bits per heavy atom. The highest BCUT2D eigenvalue weighted by Crippen LogP contribution is 2.30. The van der Waals surface area contributed by atoms with Crippen LogP contribution in [0, 0.1) is 12.7 Å². The summed E-state index contributed by atoms with van der Waals surface area (Å²) in [6.45, 7) is 18.0. The number of hydrogen-bond donors (Lipinski definition) is 0. The Kier molecular flexibility index (Phi) is 9.41. The number of fused-ring (bicyclic) bond motifs is 1. The third-order valence-corrected chi connectivity index (χ3v) is 5.07. The minimum Gasteiger partial charge on any atom is -0.444 e. The molecule has 2 aromatic heterocycles. The average molecular weight is 472 g/mol. The predicted molar refractivity (Wildman–Crippen MR) is 136 cm³/mol. The number of hydrogen-bond acceptors (Lipinski definition) is 5. The van der Waals surface area contributed by atoms with Crippen molar-refractivity contribution in [2.45, 2.75) is 61.0 Å². The van der Waals surface area contributed by atoms with Crippen LogP contribution in [0.2, 0.25) is 0 Å². The van der Waals surface area contributed by atoms with Crippen LogP contribution in [-0.2, 0) is 4.74 Å². The number of amides is 1. The van der Waals surface area contributed by atoms with Crippen LogP contribution >= 0.6 is 0 Å². The van der Waals surface area contributed by atoms with Crippen LogP contribution in [-0.4, -0.2) is 57.3 Å². The molecule has 0 atom stereocenters. The van der Waals surface area contributed by atoms with Gasteiger partial charge in [0, 0.05) is 38.1 Å². The molecule has 0 N–H and O–H groups in total. The van der Waals surface area contributed by atoms with Gasteiger partial charge in [0.05, 0.1) is 5.39 Å². The Labute approximate surface area is 202 Å². The molecular formula is C26H38FN5O2. The fraction of sp³-hybridized carbons (Fsp3) is 0.500. The number of carbonyl (C=O) groups excluding carboxylic acids is 1. The molecule has 7 nitrogen and oxygen atoms in total. The Morgan fingerprint density at radius 1 is 1.03 bits per heavy atom. The van der Waals surface area contributed by atoms with E-state index < -0.39 is 5.60 Å². The molecule has 8 heteroatoms. The van der Waals surface area contributed by atoms with Gasteiger partial charge in [0.1, 0.15) is 29.2 Å². The van der Waals surface area contributed by atoms with Gasteiger partial charge in [0.25, 0.3) is 0 Å². The van der Waals surface area contributed by atoms with E-state index in [1.54, 1.807) is 11.0 Å². The van der Waals surface area contributed by atoms with E-state index in [4.69, 9.17) is 4.74 Å². The van der Waals surface area contributed by atoms with Gasteiger partial charge in [-0.25, -0.2) is 19.2 Å². The van der Waals surface area contributed by atoms with Crippen molar-refractivity contribution in [3.8, 4) is 5.69 Å². The van der Waals surface area contributed by atoms with Crippen molar-refractivity contribution in [3.63, 3.8) is 0 Å². The summed E-state index contributed by atoms with van der Waals surface area (Å²) >= 11 is 0. The average Bonchev–Trinajstić information content (AvgIpc) is 3.17. The number of aromatic nitrogens is 3. The largest absolute Gasteiger partial charge is 0.444 e. The first kappa shape index (κ1) is 27.1. The van der Waals surface area contributed by atoms with E-state index in [1.807, 2.05) is 72.2 Å². The molecule has 1 aromatic carbocycles. The standard InChI is InChI=1S/C22H26FN5O2.2C2H6/c1-15-13-28(17-7-5-6-16(23)12-17)20-18(15)19(24-14-25-20)26-8-10-27(11-9-26)21(29)30-22(2,3)4;2*1-2/h5-7,12-14H,8-11H2,1-4H3;2*1-2H3. The molecule has 1 aliphatic heterocycles. The second kappa shape index (κ2) is 11.8. The second-order valence-electron chi connectivity index (χ2n) is 8.51. The molecule has 1 aliphatic rings. The summed E-state index contributed by atoms with van der Waals surface area (Å²) in [6.07, 6.45) is 3.20. The topological polar surface area (TPSA) is 63.5 Å². The maximum Gasteiger partial charge on any atom is 0.410 e. The van der Waals surface area contributed by atoms with Gasteiger partial charge in [-0.1, -0.05) is 33.8 Å². The number of rotatable bonds is 2. The molecule has 0 saturated carbocycles. The number of carbonyl (C=O) groups is 1. The zero-order valence-corrected chi connectivity index (χ0v) is 21.7. The fourth-order valence-corrected chi connectivity index (χ4v) is 3.71. The van der Waals surface area contributed by atoms with E-state index in [0.717, 1.165) is 22.4 Å². The minimum atomic E-state index is -0.510. The summed E-state index contributed by atoms with van der Waals surface area (Å²) in [5, 5.41) is 0.937. The van der Waals surface area contributed by atoms with Gasteiger partial charge in [-0.05, 0) is 51.5 Å². The maximum atomic E-state index is 13.7. The summed E-state index contributed by atoms with van der Waals surface area (Å²) in [7, 11) is 0. The highest BCUT2D eigenvalue weighted by Gasteiger charge is 2.27. The van der Waals surface area contributed by atoms with E-state index in [9.17, 15) is 9.18 Å². The molecule has 186 valence electrons. The number of nitrogens with zero attached hydrogens (tertiary/aromatic N) is 5. The number of halogens is 1. The Morgan fingerprint density at radius 3 is 2.26 bits per heavy atom. The van der Waals surface area contributed by atoms with Gasteiger partial charge < -0.3 is 19.1 Å². The summed E-state index contributed by atoms with van der Waals surface area (Å²) in [5.41, 5.74) is 1.95. The Bertz CT molecular complexity index is 1080. The lowest BCUT2D eigenvalue weighted by Crippen LogP contribution is -2.50. The van der Waals surface area contributed by atoms with E-state index in [-0.39, 0.29) is 11.9 Å². The number of aryl methyl sites for hydroxylation is 1. The maximum absolute atomic E-state index is 13.7. The molecule has 3 heterocycles. The summed E-state index contributed by atoms with van der Waals surface area (Å²) in [5.74, 6) is 0.538. The Hall–Kier alpha value is -3.16. The van der Waals surface area contributed by atoms with E-state index in [2.05, 4.69) is 14.9 Å². The van der Waals surface area contributed by atoms with Crippen molar-refractivity contribution in [3.05, 3.63) is 48.2 Å². The molecule has 0 radical (unpaired) electrons. The van der Waals surface area contributed by atoms with Gasteiger partial charge in [0.2, 0.25) is 0 Å². The van der Waals surface area contributed by atoms with Gasteiger partial charge in [0.15, 0.2) is 0 Å². The third kappa shape index (κ3) is 6.24. The molecule has 4 rings (SSSR count). The molecule has 0 spiro atoms. The third-order valence-electron chi connectivity index (χ3n) is 5.07. The zero-order valence-electron chi connectivity index (χ0n) is 21.7. The smallest absolute Gasteiger partial charge is 0.410 e. The van der Waals surface area contributed by atoms with Crippen molar-refractivity contribution in [2.24, 2.45) is 0 Å². The molecule has 1 amide bonds. The first-order valence-corrected chi connectivity index (χ1v) is 12.0. The van der Waals surface area contributed by atoms with Crippen LogP contribution in [0.3, 0.4) is 0 Å². The fourth-order valence-electron chi connectivity index (χ4n) is 3.71. The van der Waals surface area contributed by atoms with Crippen LogP contribution in [0.1, 0.15) is 54.0 Å². The highest BCUT2D eigenvalue weighted by atomic mass is 19.1. The lowest BCUT2D eigenvalue weighted by Gasteiger charge is -2.36. The summed E-state index contributed by atoms with van der Waals surface area (Å²) in [6, 6.07) is 6.44. The number of benzene rings is 1. The SMILES string of the molecule is CC.CC.Cc1cn(-c2cccc(F)c2)c2ncnc(N3CCN(C(=O)OC(C)(C)C)CC3)c12. The Balaban J connectivity index is 0.000000970. The first-order valence-electron chi connectivity index (χ1n) is 12.0. The first-order chi connectivity index (χ1) is 16.2. The molecule has 1 fully saturated rings.